The zero-order valence-electron chi connectivity index (χ0n) is 16.3. The molecule has 3 aromatic carbocycles. The highest BCUT2D eigenvalue weighted by molar-refractivity contribution is 6.30. The van der Waals surface area contributed by atoms with E-state index in [4.69, 9.17) is 16.6 Å². The highest BCUT2D eigenvalue weighted by atomic mass is 35.5. The van der Waals surface area contributed by atoms with Crippen molar-refractivity contribution in [3.8, 4) is 11.4 Å². The molecule has 148 valence electrons. The van der Waals surface area contributed by atoms with E-state index < -0.39 is 0 Å². The SMILES string of the molecule is C=C[C@@H]1CN(Cc2ccccc2)C(=O)c2cccc3nc(-c4ccc(Cl)cc4)n1c23. The van der Waals surface area contributed by atoms with E-state index in [1.165, 1.54) is 0 Å². The molecule has 1 aliphatic heterocycles. The molecule has 0 aliphatic carbocycles. The molecule has 4 aromatic rings. The van der Waals surface area contributed by atoms with Crippen molar-refractivity contribution in [2.24, 2.45) is 0 Å². The Morgan fingerprint density at radius 1 is 1.03 bits per heavy atom. The van der Waals surface area contributed by atoms with E-state index in [0.29, 0.717) is 23.7 Å². The summed E-state index contributed by atoms with van der Waals surface area (Å²) in [7, 11) is 0. The van der Waals surface area contributed by atoms with Crippen LogP contribution >= 0.6 is 11.6 Å². The van der Waals surface area contributed by atoms with Crippen LogP contribution in [0.3, 0.4) is 0 Å². The van der Waals surface area contributed by atoms with Gasteiger partial charge in [0.05, 0.1) is 22.6 Å². The number of benzene rings is 3. The molecule has 30 heavy (non-hydrogen) atoms. The van der Waals surface area contributed by atoms with Gasteiger partial charge in [0.25, 0.3) is 5.91 Å². The lowest BCUT2D eigenvalue weighted by Gasteiger charge is -2.25. The van der Waals surface area contributed by atoms with Crippen molar-refractivity contribution in [3.05, 3.63) is 102 Å². The average molecular weight is 414 g/mol. The number of carbonyl (C=O) groups is 1. The smallest absolute Gasteiger partial charge is 0.256 e. The van der Waals surface area contributed by atoms with Crippen molar-refractivity contribution < 1.29 is 4.79 Å². The molecule has 1 aromatic heterocycles. The van der Waals surface area contributed by atoms with E-state index in [1.54, 1.807) is 0 Å². The monoisotopic (exact) mass is 413 g/mol. The number of para-hydroxylation sites is 1. The number of aromatic nitrogens is 2. The summed E-state index contributed by atoms with van der Waals surface area (Å²) >= 11 is 6.09. The maximum absolute atomic E-state index is 13.5. The Bertz CT molecular complexity index is 1240. The Morgan fingerprint density at radius 3 is 2.53 bits per heavy atom. The largest absolute Gasteiger partial charge is 0.332 e. The van der Waals surface area contributed by atoms with Gasteiger partial charge in [-0.05, 0) is 42.0 Å². The number of rotatable bonds is 4. The number of hydrogen-bond donors (Lipinski definition) is 0. The minimum atomic E-state index is -0.100. The molecule has 0 saturated carbocycles. The first-order valence-corrected chi connectivity index (χ1v) is 10.3. The summed E-state index contributed by atoms with van der Waals surface area (Å²) in [6.45, 7) is 5.15. The zero-order chi connectivity index (χ0) is 20.7. The number of amides is 1. The Morgan fingerprint density at radius 2 is 1.80 bits per heavy atom. The van der Waals surface area contributed by atoms with Crippen molar-refractivity contribution in [2.75, 3.05) is 6.54 Å². The Labute approximate surface area is 180 Å². The molecule has 0 N–H and O–H groups in total. The molecule has 0 saturated heterocycles. The normalized spacial score (nSPS) is 16.0. The summed E-state index contributed by atoms with van der Waals surface area (Å²) in [5.41, 5.74) is 4.38. The summed E-state index contributed by atoms with van der Waals surface area (Å²) in [5.74, 6) is 0.825. The van der Waals surface area contributed by atoms with Gasteiger partial charge in [-0.3, -0.25) is 4.79 Å². The molecule has 0 spiro atoms. The molecule has 2 heterocycles. The van der Waals surface area contributed by atoms with Crippen LogP contribution in [0.5, 0.6) is 0 Å². The van der Waals surface area contributed by atoms with Gasteiger partial charge in [-0.25, -0.2) is 4.98 Å². The molecular formula is C25H20ClN3O. The van der Waals surface area contributed by atoms with Crippen molar-refractivity contribution in [1.82, 2.24) is 14.5 Å². The molecule has 1 amide bonds. The van der Waals surface area contributed by atoms with Gasteiger partial charge in [0.15, 0.2) is 0 Å². The Balaban J connectivity index is 1.68. The predicted octanol–water partition coefficient (Wildman–Crippen LogP) is 5.74. The topological polar surface area (TPSA) is 38.1 Å². The maximum Gasteiger partial charge on any atom is 0.256 e. The van der Waals surface area contributed by atoms with Crippen LogP contribution in [-0.4, -0.2) is 26.9 Å². The Kier molecular flexibility index (Phi) is 4.64. The fraction of sp³-hybridized carbons (Fsp3) is 0.120. The molecule has 1 atom stereocenters. The van der Waals surface area contributed by atoms with Crippen LogP contribution < -0.4 is 0 Å². The quantitative estimate of drug-likeness (QED) is 0.400. The second-order valence-corrected chi connectivity index (χ2v) is 7.90. The number of nitrogens with zero attached hydrogens (tertiary/aromatic N) is 3. The zero-order valence-corrected chi connectivity index (χ0v) is 17.1. The first kappa shape index (κ1) is 18.6. The van der Waals surface area contributed by atoms with Crippen LogP contribution in [0, 0.1) is 0 Å². The number of halogens is 1. The third kappa shape index (κ3) is 3.10. The minimum Gasteiger partial charge on any atom is -0.332 e. The van der Waals surface area contributed by atoms with Gasteiger partial charge in [-0.1, -0.05) is 54.1 Å². The van der Waals surface area contributed by atoms with Gasteiger partial charge >= 0.3 is 0 Å². The van der Waals surface area contributed by atoms with Crippen molar-refractivity contribution in [1.29, 1.82) is 0 Å². The second-order valence-electron chi connectivity index (χ2n) is 7.46. The first-order valence-electron chi connectivity index (χ1n) is 9.88. The second kappa shape index (κ2) is 7.47. The maximum atomic E-state index is 13.5. The number of carbonyl (C=O) groups excluding carboxylic acids is 1. The van der Waals surface area contributed by atoms with Gasteiger partial charge in [0, 0.05) is 23.7 Å². The molecule has 5 heteroatoms. The Hall–Kier alpha value is -3.37. The van der Waals surface area contributed by atoms with Gasteiger partial charge in [0.2, 0.25) is 0 Å². The average Bonchev–Trinajstić information content (AvgIpc) is 3.11. The van der Waals surface area contributed by atoms with Crippen LogP contribution in [0.25, 0.3) is 22.4 Å². The highest BCUT2D eigenvalue weighted by Gasteiger charge is 2.31. The lowest BCUT2D eigenvalue weighted by Crippen LogP contribution is -2.33. The van der Waals surface area contributed by atoms with E-state index >= 15 is 0 Å². The van der Waals surface area contributed by atoms with E-state index in [-0.39, 0.29) is 11.9 Å². The fourth-order valence-corrected chi connectivity index (χ4v) is 4.25. The van der Waals surface area contributed by atoms with Crippen LogP contribution in [0.2, 0.25) is 5.02 Å². The molecule has 0 unspecified atom stereocenters. The molecule has 0 bridgehead atoms. The van der Waals surface area contributed by atoms with E-state index in [1.807, 2.05) is 83.8 Å². The van der Waals surface area contributed by atoms with Gasteiger partial charge in [-0.15, -0.1) is 6.58 Å². The van der Waals surface area contributed by atoms with Crippen LogP contribution in [0.1, 0.15) is 22.0 Å². The van der Waals surface area contributed by atoms with E-state index in [0.717, 1.165) is 28.0 Å². The summed E-state index contributed by atoms with van der Waals surface area (Å²) in [6.07, 6.45) is 1.90. The lowest BCUT2D eigenvalue weighted by molar-refractivity contribution is 0.0738. The van der Waals surface area contributed by atoms with Crippen LogP contribution in [0.4, 0.5) is 0 Å². The third-order valence-electron chi connectivity index (χ3n) is 5.56. The van der Waals surface area contributed by atoms with Gasteiger partial charge in [0.1, 0.15) is 5.82 Å². The molecule has 4 nitrogen and oxygen atoms in total. The number of imidazole rings is 1. The highest BCUT2D eigenvalue weighted by Crippen LogP contribution is 2.35. The first-order chi connectivity index (χ1) is 14.7. The van der Waals surface area contributed by atoms with Gasteiger partial charge < -0.3 is 9.47 Å². The predicted molar refractivity (Wildman–Crippen MR) is 121 cm³/mol. The lowest BCUT2D eigenvalue weighted by atomic mass is 10.1. The number of hydrogen-bond acceptors (Lipinski definition) is 2. The summed E-state index contributed by atoms with van der Waals surface area (Å²) in [6, 6.07) is 23.3. The van der Waals surface area contributed by atoms with Gasteiger partial charge in [-0.2, -0.15) is 0 Å². The standard InChI is InChI=1S/C25H20ClN3O/c1-2-20-16-28(15-17-7-4-3-5-8-17)25(30)21-9-6-10-22-23(21)29(20)24(27-22)18-11-13-19(26)14-12-18/h2-14,20H,1,15-16H2/t20-/m1/s1. The fourth-order valence-electron chi connectivity index (χ4n) is 4.13. The minimum absolute atomic E-state index is 0.0117. The van der Waals surface area contributed by atoms with Crippen molar-refractivity contribution in [2.45, 2.75) is 12.6 Å². The van der Waals surface area contributed by atoms with E-state index in [9.17, 15) is 4.79 Å². The molecule has 5 rings (SSSR count). The van der Waals surface area contributed by atoms with Crippen LogP contribution in [-0.2, 0) is 6.54 Å². The van der Waals surface area contributed by atoms with Crippen LogP contribution in [0.15, 0.2) is 85.5 Å². The summed E-state index contributed by atoms with van der Waals surface area (Å²) in [5, 5.41) is 0.677. The summed E-state index contributed by atoms with van der Waals surface area (Å²) < 4.78 is 2.14. The van der Waals surface area contributed by atoms with Crippen molar-refractivity contribution >= 4 is 28.5 Å². The van der Waals surface area contributed by atoms with Crippen molar-refractivity contribution in [3.63, 3.8) is 0 Å². The molecular weight excluding hydrogens is 394 g/mol. The molecule has 0 fully saturated rings. The molecule has 1 aliphatic rings. The third-order valence-corrected chi connectivity index (χ3v) is 5.81. The van der Waals surface area contributed by atoms with E-state index in [2.05, 4.69) is 11.1 Å². The summed E-state index contributed by atoms with van der Waals surface area (Å²) in [4.78, 5) is 20.3. The molecule has 0 radical (unpaired) electrons.